The third-order valence-corrected chi connectivity index (χ3v) is 5.31. The summed E-state index contributed by atoms with van der Waals surface area (Å²) in [4.78, 5) is 0. The summed E-state index contributed by atoms with van der Waals surface area (Å²) in [6.45, 7) is 9.13. The van der Waals surface area contributed by atoms with Gasteiger partial charge in [-0.3, -0.25) is 0 Å². The van der Waals surface area contributed by atoms with Crippen molar-refractivity contribution < 1.29 is 0 Å². The van der Waals surface area contributed by atoms with Gasteiger partial charge in [-0.15, -0.1) is 0 Å². The van der Waals surface area contributed by atoms with Gasteiger partial charge in [-0.1, -0.05) is 52.0 Å². The zero-order valence-electron chi connectivity index (χ0n) is 12.1. The molecule has 2 heteroatoms. The molecular formula is C16H26S2. The predicted molar refractivity (Wildman–Crippen MR) is 88.4 cm³/mol. The molecule has 0 heterocycles. The van der Waals surface area contributed by atoms with Gasteiger partial charge >= 0.3 is 0 Å². The standard InChI is InChI=1S/C16H26S2/c1-13(2)9-17-11-15-6-5-7-16(8-15)12-18-10-14(3)4/h5-8,13-14H,9-12H2,1-4H3. The molecule has 0 fully saturated rings. The van der Waals surface area contributed by atoms with Gasteiger partial charge in [0, 0.05) is 11.5 Å². The molecule has 0 saturated heterocycles. The van der Waals surface area contributed by atoms with E-state index in [1.54, 1.807) is 0 Å². The Bertz CT molecular complexity index is 302. The Labute approximate surface area is 121 Å². The van der Waals surface area contributed by atoms with E-state index in [0.29, 0.717) is 0 Å². The minimum atomic E-state index is 0.791. The van der Waals surface area contributed by atoms with Gasteiger partial charge in [0.2, 0.25) is 0 Å². The van der Waals surface area contributed by atoms with Crippen molar-refractivity contribution in [2.75, 3.05) is 11.5 Å². The zero-order valence-corrected chi connectivity index (χ0v) is 13.7. The molecule has 1 rings (SSSR count). The molecule has 0 spiro atoms. The lowest BCUT2D eigenvalue weighted by atomic mass is 10.2. The van der Waals surface area contributed by atoms with Crippen LogP contribution in [0.15, 0.2) is 24.3 Å². The van der Waals surface area contributed by atoms with E-state index in [9.17, 15) is 0 Å². The largest absolute Gasteiger partial charge is 0.157 e. The molecule has 0 bridgehead atoms. The maximum atomic E-state index is 2.38. The molecule has 0 saturated carbocycles. The van der Waals surface area contributed by atoms with E-state index in [2.05, 4.69) is 52.0 Å². The highest BCUT2D eigenvalue weighted by Crippen LogP contribution is 2.19. The van der Waals surface area contributed by atoms with Crippen molar-refractivity contribution in [3.63, 3.8) is 0 Å². The number of hydrogen-bond donors (Lipinski definition) is 0. The molecule has 0 radical (unpaired) electrons. The summed E-state index contributed by atoms with van der Waals surface area (Å²) in [5, 5.41) is 0. The Morgan fingerprint density at radius 3 is 1.67 bits per heavy atom. The fourth-order valence-corrected chi connectivity index (χ4v) is 3.64. The van der Waals surface area contributed by atoms with Crippen LogP contribution in [-0.2, 0) is 11.5 Å². The van der Waals surface area contributed by atoms with Gasteiger partial charge in [0.05, 0.1) is 0 Å². The second-order valence-electron chi connectivity index (χ2n) is 5.64. The molecule has 18 heavy (non-hydrogen) atoms. The molecule has 1 aromatic rings. The summed E-state index contributed by atoms with van der Waals surface area (Å²) in [5.74, 6) is 6.40. The van der Waals surface area contributed by atoms with Crippen molar-refractivity contribution in [3.05, 3.63) is 35.4 Å². The number of benzene rings is 1. The molecule has 102 valence electrons. The summed E-state index contributed by atoms with van der Waals surface area (Å²) in [5.41, 5.74) is 2.95. The van der Waals surface area contributed by atoms with E-state index in [1.807, 2.05) is 23.5 Å². The van der Waals surface area contributed by atoms with Gasteiger partial charge in [-0.25, -0.2) is 0 Å². The highest BCUT2D eigenvalue weighted by molar-refractivity contribution is 7.98. The van der Waals surface area contributed by atoms with Crippen LogP contribution >= 0.6 is 23.5 Å². The SMILES string of the molecule is CC(C)CSCc1cccc(CSCC(C)C)c1. The maximum absolute atomic E-state index is 2.38. The second-order valence-corrected chi connectivity index (χ2v) is 7.70. The van der Waals surface area contributed by atoms with Crippen molar-refractivity contribution >= 4 is 23.5 Å². The van der Waals surface area contributed by atoms with Crippen LogP contribution < -0.4 is 0 Å². The van der Waals surface area contributed by atoms with Crippen molar-refractivity contribution in [3.8, 4) is 0 Å². The quantitative estimate of drug-likeness (QED) is 0.620. The Hall–Kier alpha value is -0.0800. The number of hydrogen-bond acceptors (Lipinski definition) is 2. The molecule has 0 aliphatic heterocycles. The van der Waals surface area contributed by atoms with Gasteiger partial charge in [0.15, 0.2) is 0 Å². The van der Waals surface area contributed by atoms with Crippen molar-refractivity contribution in [1.82, 2.24) is 0 Å². The van der Waals surface area contributed by atoms with Gasteiger partial charge in [-0.2, -0.15) is 23.5 Å². The Balaban J connectivity index is 2.36. The topological polar surface area (TPSA) is 0 Å². The highest BCUT2D eigenvalue weighted by atomic mass is 32.2. The molecule has 0 nitrogen and oxygen atoms in total. The van der Waals surface area contributed by atoms with Crippen molar-refractivity contribution in [2.45, 2.75) is 39.2 Å². The van der Waals surface area contributed by atoms with Crippen LogP contribution in [0.2, 0.25) is 0 Å². The Kier molecular flexibility index (Phi) is 7.92. The summed E-state index contributed by atoms with van der Waals surface area (Å²) in [6, 6.07) is 9.09. The number of thioether (sulfide) groups is 2. The van der Waals surface area contributed by atoms with E-state index in [-0.39, 0.29) is 0 Å². The molecule has 0 aliphatic rings. The lowest BCUT2D eigenvalue weighted by Gasteiger charge is -2.08. The lowest BCUT2D eigenvalue weighted by molar-refractivity contribution is 0.750. The van der Waals surface area contributed by atoms with Gasteiger partial charge in [0.1, 0.15) is 0 Å². The van der Waals surface area contributed by atoms with E-state index in [1.165, 1.54) is 22.6 Å². The molecule has 0 aromatic heterocycles. The van der Waals surface area contributed by atoms with Crippen LogP contribution in [0.25, 0.3) is 0 Å². The van der Waals surface area contributed by atoms with E-state index in [0.717, 1.165) is 23.3 Å². The van der Waals surface area contributed by atoms with Crippen LogP contribution in [0.4, 0.5) is 0 Å². The molecular weight excluding hydrogens is 256 g/mol. The number of rotatable bonds is 8. The van der Waals surface area contributed by atoms with Crippen LogP contribution in [0.1, 0.15) is 38.8 Å². The smallest absolute Gasteiger partial charge is 0.0184 e. The van der Waals surface area contributed by atoms with E-state index in [4.69, 9.17) is 0 Å². The third kappa shape index (κ3) is 7.38. The monoisotopic (exact) mass is 282 g/mol. The average molecular weight is 283 g/mol. The fourth-order valence-electron chi connectivity index (χ4n) is 1.63. The van der Waals surface area contributed by atoms with Gasteiger partial charge in [0.25, 0.3) is 0 Å². The normalized spacial score (nSPS) is 11.4. The molecule has 0 unspecified atom stereocenters. The summed E-state index contributed by atoms with van der Waals surface area (Å²) < 4.78 is 0. The minimum absolute atomic E-state index is 0.791. The Morgan fingerprint density at radius 2 is 1.28 bits per heavy atom. The molecule has 0 amide bonds. The van der Waals surface area contributed by atoms with Crippen LogP contribution in [-0.4, -0.2) is 11.5 Å². The van der Waals surface area contributed by atoms with Gasteiger partial charge in [-0.05, 0) is 34.5 Å². The third-order valence-electron chi connectivity index (χ3n) is 2.43. The highest BCUT2D eigenvalue weighted by Gasteiger charge is 2.00. The first-order valence-electron chi connectivity index (χ1n) is 6.81. The first-order chi connectivity index (χ1) is 8.58. The maximum Gasteiger partial charge on any atom is 0.0184 e. The summed E-state index contributed by atoms with van der Waals surface area (Å²) in [6.07, 6.45) is 0. The van der Waals surface area contributed by atoms with Crippen LogP contribution in [0.5, 0.6) is 0 Å². The summed E-state index contributed by atoms with van der Waals surface area (Å²) >= 11 is 4.09. The van der Waals surface area contributed by atoms with Crippen LogP contribution in [0, 0.1) is 11.8 Å². The first kappa shape index (κ1) is 16.0. The first-order valence-corrected chi connectivity index (χ1v) is 9.12. The second kappa shape index (κ2) is 8.92. The molecule has 1 aromatic carbocycles. The summed E-state index contributed by atoms with van der Waals surface area (Å²) in [7, 11) is 0. The molecule has 0 atom stereocenters. The minimum Gasteiger partial charge on any atom is -0.157 e. The Morgan fingerprint density at radius 1 is 0.833 bits per heavy atom. The van der Waals surface area contributed by atoms with Crippen molar-refractivity contribution in [1.29, 1.82) is 0 Å². The average Bonchev–Trinajstić information content (AvgIpc) is 2.28. The lowest BCUT2D eigenvalue weighted by Crippen LogP contribution is -1.93. The van der Waals surface area contributed by atoms with Crippen LogP contribution in [0.3, 0.4) is 0 Å². The fraction of sp³-hybridized carbons (Fsp3) is 0.625. The van der Waals surface area contributed by atoms with E-state index >= 15 is 0 Å². The predicted octanol–water partition coefficient (Wildman–Crippen LogP) is 5.47. The zero-order chi connectivity index (χ0) is 13.4. The van der Waals surface area contributed by atoms with E-state index < -0.39 is 0 Å². The van der Waals surface area contributed by atoms with Gasteiger partial charge < -0.3 is 0 Å². The molecule has 0 aliphatic carbocycles. The molecule has 0 N–H and O–H groups in total. The van der Waals surface area contributed by atoms with Crippen molar-refractivity contribution in [2.24, 2.45) is 11.8 Å².